The Morgan fingerprint density at radius 3 is 2.91 bits per heavy atom. The maximum absolute atomic E-state index is 11.7. The molecule has 23 heavy (non-hydrogen) atoms. The number of nitrogens with one attached hydrogen (secondary N) is 1. The first-order valence-corrected chi connectivity index (χ1v) is 8.49. The van der Waals surface area contributed by atoms with Crippen molar-refractivity contribution in [2.75, 3.05) is 19.6 Å². The van der Waals surface area contributed by atoms with E-state index in [9.17, 15) is 4.79 Å². The van der Waals surface area contributed by atoms with Gasteiger partial charge in [-0.05, 0) is 57.7 Å². The first kappa shape index (κ1) is 18.0. The van der Waals surface area contributed by atoms with E-state index in [4.69, 9.17) is 16.3 Å². The summed E-state index contributed by atoms with van der Waals surface area (Å²) in [6.45, 7) is 9.18. The van der Waals surface area contributed by atoms with Gasteiger partial charge in [0.2, 0.25) is 0 Å². The van der Waals surface area contributed by atoms with Crippen LogP contribution >= 0.6 is 11.6 Å². The fraction of sp³-hybridized carbons (Fsp3) is 0.647. The van der Waals surface area contributed by atoms with Gasteiger partial charge in [-0.2, -0.15) is 0 Å². The average molecular weight is 340 g/mol. The Morgan fingerprint density at radius 2 is 2.26 bits per heavy atom. The van der Waals surface area contributed by atoms with Crippen LogP contribution in [0, 0.1) is 5.92 Å². The number of nitrogens with zero attached hydrogens (tertiary/aromatic N) is 2. The number of carbonyl (C=O) groups excluding carboxylic acids is 1. The number of pyridine rings is 1. The zero-order valence-corrected chi connectivity index (χ0v) is 14.9. The van der Waals surface area contributed by atoms with E-state index in [2.05, 4.69) is 15.2 Å². The van der Waals surface area contributed by atoms with Crippen molar-refractivity contribution in [3.8, 4) is 0 Å². The monoisotopic (exact) mass is 339 g/mol. The summed E-state index contributed by atoms with van der Waals surface area (Å²) in [7, 11) is 0. The van der Waals surface area contributed by atoms with Gasteiger partial charge in [-0.3, -0.25) is 4.90 Å². The van der Waals surface area contributed by atoms with E-state index >= 15 is 0 Å². The molecule has 1 amide bonds. The number of aromatic nitrogens is 1. The smallest absolute Gasteiger partial charge is 0.407 e. The second-order valence-electron chi connectivity index (χ2n) is 7.12. The summed E-state index contributed by atoms with van der Waals surface area (Å²) in [5.41, 5.74) is 0.708. The summed E-state index contributed by atoms with van der Waals surface area (Å²) in [6.07, 6.45) is 3.76. The van der Waals surface area contributed by atoms with Crippen LogP contribution in [0.2, 0.25) is 5.15 Å². The molecule has 1 aromatic heterocycles. The lowest BCUT2D eigenvalue weighted by molar-refractivity contribution is 0.0506. The molecule has 1 aliphatic heterocycles. The molecule has 1 aliphatic rings. The van der Waals surface area contributed by atoms with Gasteiger partial charge in [-0.15, -0.1) is 0 Å². The van der Waals surface area contributed by atoms with Gasteiger partial charge >= 0.3 is 6.09 Å². The van der Waals surface area contributed by atoms with Gasteiger partial charge in [0.05, 0.1) is 0 Å². The van der Waals surface area contributed by atoms with Gasteiger partial charge in [-0.25, -0.2) is 9.78 Å². The number of piperidine rings is 1. The summed E-state index contributed by atoms with van der Waals surface area (Å²) in [5.74, 6) is 0.455. The highest BCUT2D eigenvalue weighted by atomic mass is 35.5. The van der Waals surface area contributed by atoms with E-state index in [0.717, 1.165) is 38.0 Å². The topological polar surface area (TPSA) is 54.5 Å². The summed E-state index contributed by atoms with van der Waals surface area (Å²) >= 11 is 5.82. The van der Waals surface area contributed by atoms with Crippen LogP contribution in [0.4, 0.5) is 4.79 Å². The number of halogens is 1. The third-order valence-corrected chi connectivity index (χ3v) is 3.96. The molecule has 6 heteroatoms. The molecule has 0 unspecified atom stereocenters. The van der Waals surface area contributed by atoms with Crippen molar-refractivity contribution in [1.29, 1.82) is 0 Å². The van der Waals surface area contributed by atoms with E-state index in [1.54, 1.807) is 0 Å². The number of amides is 1. The van der Waals surface area contributed by atoms with E-state index < -0.39 is 5.60 Å². The van der Waals surface area contributed by atoms with Crippen molar-refractivity contribution in [1.82, 2.24) is 15.2 Å². The van der Waals surface area contributed by atoms with Crippen LogP contribution in [0.25, 0.3) is 0 Å². The van der Waals surface area contributed by atoms with Gasteiger partial charge in [0, 0.05) is 25.8 Å². The van der Waals surface area contributed by atoms with Crippen LogP contribution in [0.5, 0.6) is 0 Å². The van der Waals surface area contributed by atoms with Crippen molar-refractivity contribution in [3.63, 3.8) is 0 Å². The van der Waals surface area contributed by atoms with Crippen molar-refractivity contribution in [2.45, 2.75) is 45.8 Å². The first-order valence-electron chi connectivity index (χ1n) is 8.11. The summed E-state index contributed by atoms with van der Waals surface area (Å²) in [4.78, 5) is 18.3. The SMILES string of the molecule is CC(C)(C)OC(=O)NC[C@@H]1CCCN(Cc2ccc(Cl)nc2)C1. The largest absolute Gasteiger partial charge is 0.444 e. The molecule has 0 radical (unpaired) electrons. The molecule has 0 spiro atoms. The molecule has 1 atom stereocenters. The zero-order valence-electron chi connectivity index (χ0n) is 14.1. The molecule has 0 aromatic carbocycles. The van der Waals surface area contributed by atoms with Gasteiger partial charge in [0.1, 0.15) is 10.8 Å². The Hall–Kier alpha value is -1.33. The third-order valence-electron chi connectivity index (χ3n) is 3.73. The minimum absolute atomic E-state index is 0.337. The Kier molecular flexibility index (Phi) is 6.25. The molecule has 1 N–H and O–H groups in total. The quantitative estimate of drug-likeness (QED) is 0.853. The highest BCUT2D eigenvalue weighted by molar-refractivity contribution is 6.29. The second kappa shape index (κ2) is 7.97. The van der Waals surface area contributed by atoms with Crippen molar-refractivity contribution >= 4 is 17.7 Å². The molecule has 2 rings (SSSR count). The van der Waals surface area contributed by atoms with Crippen LogP contribution in [0.1, 0.15) is 39.2 Å². The molecular weight excluding hydrogens is 314 g/mol. The minimum Gasteiger partial charge on any atom is -0.444 e. The van der Waals surface area contributed by atoms with Gasteiger partial charge < -0.3 is 10.1 Å². The molecule has 0 bridgehead atoms. The normalized spacial score (nSPS) is 19.4. The lowest BCUT2D eigenvalue weighted by Gasteiger charge is -2.33. The predicted molar refractivity (Wildman–Crippen MR) is 91.5 cm³/mol. The second-order valence-corrected chi connectivity index (χ2v) is 7.50. The number of rotatable bonds is 4. The van der Waals surface area contributed by atoms with Crippen LogP contribution in [-0.4, -0.2) is 41.2 Å². The highest BCUT2D eigenvalue weighted by Gasteiger charge is 2.22. The van der Waals surface area contributed by atoms with Crippen LogP contribution < -0.4 is 5.32 Å². The van der Waals surface area contributed by atoms with Crippen molar-refractivity contribution < 1.29 is 9.53 Å². The maximum atomic E-state index is 11.7. The molecule has 1 aromatic rings. The lowest BCUT2D eigenvalue weighted by atomic mass is 9.97. The lowest BCUT2D eigenvalue weighted by Crippen LogP contribution is -2.41. The summed E-state index contributed by atoms with van der Waals surface area (Å²) < 4.78 is 5.28. The van der Waals surface area contributed by atoms with Crippen LogP contribution in [0.15, 0.2) is 18.3 Å². The van der Waals surface area contributed by atoms with Crippen molar-refractivity contribution in [3.05, 3.63) is 29.0 Å². The molecule has 128 valence electrons. The number of carbonyl (C=O) groups is 1. The minimum atomic E-state index is -0.454. The molecular formula is C17H26ClN3O2. The van der Waals surface area contributed by atoms with Crippen LogP contribution in [0.3, 0.4) is 0 Å². The van der Waals surface area contributed by atoms with E-state index in [0.29, 0.717) is 17.6 Å². The average Bonchev–Trinajstić information content (AvgIpc) is 2.46. The van der Waals surface area contributed by atoms with E-state index in [1.165, 1.54) is 0 Å². The number of likely N-dealkylation sites (tertiary alicyclic amines) is 1. The fourth-order valence-corrected chi connectivity index (χ4v) is 2.87. The maximum Gasteiger partial charge on any atom is 0.407 e. The van der Waals surface area contributed by atoms with Gasteiger partial charge in [0.15, 0.2) is 0 Å². The third kappa shape index (κ3) is 6.75. The van der Waals surface area contributed by atoms with Crippen LogP contribution in [-0.2, 0) is 11.3 Å². The standard InChI is InChI=1S/C17H26ClN3O2/c1-17(2,3)23-16(22)20-10-13-5-4-8-21(11-13)12-14-6-7-15(18)19-9-14/h6-7,9,13H,4-5,8,10-12H2,1-3H3,(H,20,22)/t13-/m0/s1. The molecule has 5 nitrogen and oxygen atoms in total. The number of alkyl carbamates (subject to hydrolysis) is 1. The van der Waals surface area contributed by atoms with Gasteiger partial charge in [-0.1, -0.05) is 17.7 Å². The molecule has 1 saturated heterocycles. The Bertz CT molecular complexity index is 514. The Labute approximate surface area is 143 Å². The Morgan fingerprint density at radius 1 is 1.48 bits per heavy atom. The highest BCUT2D eigenvalue weighted by Crippen LogP contribution is 2.18. The predicted octanol–water partition coefficient (Wildman–Crippen LogP) is 3.47. The number of hydrogen-bond acceptors (Lipinski definition) is 4. The molecule has 0 aliphatic carbocycles. The summed E-state index contributed by atoms with van der Waals surface area (Å²) in [5, 5.41) is 3.40. The van der Waals surface area contributed by atoms with Crippen molar-refractivity contribution in [2.24, 2.45) is 5.92 Å². The number of ether oxygens (including phenoxy) is 1. The molecule has 2 heterocycles. The fourth-order valence-electron chi connectivity index (χ4n) is 2.76. The van der Waals surface area contributed by atoms with E-state index in [-0.39, 0.29) is 6.09 Å². The van der Waals surface area contributed by atoms with Gasteiger partial charge in [0.25, 0.3) is 0 Å². The first-order chi connectivity index (χ1) is 10.8. The number of hydrogen-bond donors (Lipinski definition) is 1. The van der Waals surface area contributed by atoms with E-state index in [1.807, 2.05) is 39.1 Å². The zero-order chi connectivity index (χ0) is 16.9. The Balaban J connectivity index is 1.77. The molecule has 1 fully saturated rings. The summed E-state index contributed by atoms with van der Waals surface area (Å²) in [6, 6.07) is 3.83. The molecule has 0 saturated carbocycles.